The summed E-state index contributed by atoms with van der Waals surface area (Å²) in [4.78, 5) is 16.1. The molecule has 2 aromatic rings. The average molecular weight is 466 g/mol. The summed E-state index contributed by atoms with van der Waals surface area (Å²) in [6, 6.07) is 15.5. The summed E-state index contributed by atoms with van der Waals surface area (Å²) in [5.41, 5.74) is 9.79. The standard InChI is InChI=1S/C20H26N4O.HI/c1-4-22-19(25)16-10-8-15(9-11-16)13-23-20(21)24-18-7-5-6-17(12-18)14(2)3;/h5-12,14H,4,13H2,1-3H3,(H,22,25)(H3,21,23,24);1H. The van der Waals surface area contributed by atoms with Gasteiger partial charge in [0.1, 0.15) is 0 Å². The minimum Gasteiger partial charge on any atom is -0.370 e. The second-order valence-electron chi connectivity index (χ2n) is 6.16. The number of aliphatic imine (C=N–C) groups is 1. The molecule has 2 aromatic carbocycles. The van der Waals surface area contributed by atoms with Crippen LogP contribution in [-0.4, -0.2) is 18.4 Å². The number of halogens is 1. The lowest BCUT2D eigenvalue weighted by Crippen LogP contribution is -2.23. The van der Waals surface area contributed by atoms with Gasteiger partial charge in [0.25, 0.3) is 5.91 Å². The first-order chi connectivity index (χ1) is 12.0. The zero-order valence-electron chi connectivity index (χ0n) is 15.5. The zero-order chi connectivity index (χ0) is 18.2. The fourth-order valence-electron chi connectivity index (χ4n) is 2.36. The van der Waals surface area contributed by atoms with Gasteiger partial charge >= 0.3 is 0 Å². The molecule has 1 amide bonds. The largest absolute Gasteiger partial charge is 0.370 e. The van der Waals surface area contributed by atoms with Gasteiger partial charge in [-0.05, 0) is 48.2 Å². The number of hydrogen-bond acceptors (Lipinski definition) is 2. The highest BCUT2D eigenvalue weighted by Gasteiger charge is 2.04. The zero-order valence-corrected chi connectivity index (χ0v) is 17.8. The summed E-state index contributed by atoms with van der Waals surface area (Å²) in [6.45, 7) is 7.28. The third-order valence-electron chi connectivity index (χ3n) is 3.81. The molecule has 26 heavy (non-hydrogen) atoms. The first kappa shape index (κ1) is 22.0. The molecule has 0 spiro atoms. The molecule has 0 radical (unpaired) electrons. The third kappa shape index (κ3) is 6.67. The number of anilines is 1. The van der Waals surface area contributed by atoms with E-state index in [9.17, 15) is 4.79 Å². The quantitative estimate of drug-likeness (QED) is 0.341. The van der Waals surface area contributed by atoms with Crippen LogP contribution in [0, 0.1) is 0 Å². The highest BCUT2D eigenvalue weighted by molar-refractivity contribution is 14.0. The lowest BCUT2D eigenvalue weighted by atomic mass is 10.0. The minimum atomic E-state index is -0.0660. The van der Waals surface area contributed by atoms with Crippen molar-refractivity contribution in [3.63, 3.8) is 0 Å². The highest BCUT2D eigenvalue weighted by atomic mass is 127. The molecule has 4 N–H and O–H groups in total. The molecule has 0 aliphatic rings. The molecule has 0 aromatic heterocycles. The van der Waals surface area contributed by atoms with Gasteiger partial charge in [0.15, 0.2) is 5.96 Å². The van der Waals surface area contributed by atoms with Crippen LogP contribution in [-0.2, 0) is 6.54 Å². The number of benzene rings is 2. The Hall–Kier alpha value is -2.09. The van der Waals surface area contributed by atoms with Crippen LogP contribution in [0.5, 0.6) is 0 Å². The molecule has 6 heteroatoms. The van der Waals surface area contributed by atoms with E-state index in [0.29, 0.717) is 30.5 Å². The summed E-state index contributed by atoms with van der Waals surface area (Å²) in [7, 11) is 0. The molecule has 0 saturated carbocycles. The summed E-state index contributed by atoms with van der Waals surface area (Å²) in [5, 5.41) is 5.89. The smallest absolute Gasteiger partial charge is 0.251 e. The second-order valence-corrected chi connectivity index (χ2v) is 6.16. The Morgan fingerprint density at radius 1 is 1.15 bits per heavy atom. The monoisotopic (exact) mass is 466 g/mol. The minimum absolute atomic E-state index is 0. The second kappa shape index (κ2) is 10.8. The number of rotatable bonds is 6. The van der Waals surface area contributed by atoms with Crippen LogP contribution >= 0.6 is 24.0 Å². The Labute approximate surface area is 172 Å². The van der Waals surface area contributed by atoms with Crippen molar-refractivity contribution >= 4 is 41.5 Å². The van der Waals surface area contributed by atoms with Crippen LogP contribution in [0.15, 0.2) is 53.5 Å². The summed E-state index contributed by atoms with van der Waals surface area (Å²) < 4.78 is 0. The maximum atomic E-state index is 11.7. The SMILES string of the molecule is CCNC(=O)c1ccc(CN=C(N)Nc2cccc(C(C)C)c2)cc1.I. The van der Waals surface area contributed by atoms with Crippen LogP contribution in [0.2, 0.25) is 0 Å². The van der Waals surface area contributed by atoms with Gasteiger partial charge < -0.3 is 16.4 Å². The Morgan fingerprint density at radius 3 is 2.46 bits per heavy atom. The van der Waals surface area contributed by atoms with Gasteiger partial charge in [-0.2, -0.15) is 0 Å². The Bertz CT molecular complexity index is 742. The van der Waals surface area contributed by atoms with E-state index in [2.05, 4.69) is 41.6 Å². The van der Waals surface area contributed by atoms with Gasteiger partial charge in [0.05, 0.1) is 6.54 Å². The summed E-state index contributed by atoms with van der Waals surface area (Å²) in [6.07, 6.45) is 0. The summed E-state index contributed by atoms with van der Waals surface area (Å²) >= 11 is 0. The van der Waals surface area contributed by atoms with E-state index in [1.165, 1.54) is 5.56 Å². The Balaban J connectivity index is 0.00000338. The molecule has 0 unspecified atom stereocenters. The third-order valence-corrected chi connectivity index (χ3v) is 3.81. The number of nitrogens with one attached hydrogen (secondary N) is 2. The van der Waals surface area contributed by atoms with Gasteiger partial charge in [-0.15, -0.1) is 24.0 Å². The van der Waals surface area contributed by atoms with E-state index >= 15 is 0 Å². The predicted octanol–water partition coefficient (Wildman–Crippen LogP) is 4.10. The molecule has 0 saturated heterocycles. The lowest BCUT2D eigenvalue weighted by Gasteiger charge is -2.10. The van der Waals surface area contributed by atoms with E-state index in [1.54, 1.807) is 12.1 Å². The van der Waals surface area contributed by atoms with Crippen molar-refractivity contribution in [1.82, 2.24) is 5.32 Å². The van der Waals surface area contributed by atoms with Crippen LogP contribution < -0.4 is 16.4 Å². The highest BCUT2D eigenvalue weighted by Crippen LogP contribution is 2.18. The van der Waals surface area contributed by atoms with Crippen LogP contribution in [0.25, 0.3) is 0 Å². The number of guanidine groups is 1. The number of carbonyl (C=O) groups excluding carboxylic acids is 1. The van der Waals surface area contributed by atoms with Crippen molar-refractivity contribution in [2.24, 2.45) is 10.7 Å². The maximum absolute atomic E-state index is 11.7. The normalized spacial score (nSPS) is 11.0. The van der Waals surface area contributed by atoms with E-state index in [-0.39, 0.29) is 29.9 Å². The van der Waals surface area contributed by atoms with Crippen molar-refractivity contribution in [3.8, 4) is 0 Å². The van der Waals surface area contributed by atoms with E-state index in [0.717, 1.165) is 11.3 Å². The molecule has 0 heterocycles. The first-order valence-electron chi connectivity index (χ1n) is 8.53. The van der Waals surface area contributed by atoms with Gasteiger partial charge in [0, 0.05) is 17.8 Å². The molecule has 140 valence electrons. The van der Waals surface area contributed by atoms with Gasteiger partial charge in [-0.3, -0.25) is 4.79 Å². The van der Waals surface area contributed by atoms with Crippen molar-refractivity contribution in [3.05, 3.63) is 65.2 Å². The summed E-state index contributed by atoms with van der Waals surface area (Å²) in [5.74, 6) is 0.765. The van der Waals surface area contributed by atoms with Crippen molar-refractivity contribution in [2.45, 2.75) is 33.2 Å². The van der Waals surface area contributed by atoms with E-state index in [4.69, 9.17) is 5.73 Å². The molecule has 0 fully saturated rings. The molecule has 0 atom stereocenters. The van der Waals surface area contributed by atoms with Crippen LogP contribution in [0.3, 0.4) is 0 Å². The topological polar surface area (TPSA) is 79.5 Å². The molecule has 2 rings (SSSR count). The van der Waals surface area contributed by atoms with E-state index in [1.807, 2.05) is 31.2 Å². The fourth-order valence-corrected chi connectivity index (χ4v) is 2.36. The maximum Gasteiger partial charge on any atom is 0.251 e. The average Bonchev–Trinajstić information content (AvgIpc) is 2.61. The van der Waals surface area contributed by atoms with E-state index < -0.39 is 0 Å². The predicted molar refractivity (Wildman–Crippen MR) is 119 cm³/mol. The number of carbonyl (C=O) groups is 1. The van der Waals surface area contributed by atoms with Crippen LogP contribution in [0.1, 0.15) is 48.2 Å². The number of amides is 1. The van der Waals surface area contributed by atoms with Gasteiger partial charge in [-0.1, -0.05) is 38.1 Å². The molecule has 0 aliphatic heterocycles. The molecule has 0 bridgehead atoms. The van der Waals surface area contributed by atoms with Crippen molar-refractivity contribution in [1.29, 1.82) is 0 Å². The molecule has 0 aliphatic carbocycles. The molecular formula is C20H27IN4O. The number of hydrogen-bond donors (Lipinski definition) is 3. The lowest BCUT2D eigenvalue weighted by molar-refractivity contribution is 0.0956. The number of nitrogens with two attached hydrogens (primary N) is 1. The van der Waals surface area contributed by atoms with Crippen molar-refractivity contribution in [2.75, 3.05) is 11.9 Å². The van der Waals surface area contributed by atoms with Gasteiger partial charge in [0.2, 0.25) is 0 Å². The fraction of sp³-hybridized carbons (Fsp3) is 0.300. The molecule has 5 nitrogen and oxygen atoms in total. The Morgan fingerprint density at radius 2 is 1.85 bits per heavy atom. The van der Waals surface area contributed by atoms with Crippen LogP contribution in [0.4, 0.5) is 5.69 Å². The Kier molecular flexibility index (Phi) is 9.12. The molecular weight excluding hydrogens is 439 g/mol. The van der Waals surface area contributed by atoms with Gasteiger partial charge in [-0.25, -0.2) is 4.99 Å². The van der Waals surface area contributed by atoms with Crippen molar-refractivity contribution < 1.29 is 4.79 Å². The first-order valence-corrected chi connectivity index (χ1v) is 8.53. The number of nitrogens with zero attached hydrogens (tertiary/aromatic N) is 1.